The third kappa shape index (κ3) is 2.13. The topological polar surface area (TPSA) is 48.8 Å². The highest BCUT2D eigenvalue weighted by atomic mass is 19.1. The maximum Gasteiger partial charge on any atom is 0.287 e. The number of halogens is 3. The van der Waals surface area contributed by atoms with E-state index in [1.165, 1.54) is 25.9 Å². The number of fused-ring (bicyclic) bond motifs is 5. The SMILES string of the molecule is Cc1c(F)cc2c3c(c(=O)n(C)c2c1F)N(C)C(=O)C1(F)CN(C)C(C)CN31. The van der Waals surface area contributed by atoms with Gasteiger partial charge in [0, 0.05) is 37.6 Å². The Morgan fingerprint density at radius 2 is 1.79 bits per heavy atom. The van der Waals surface area contributed by atoms with Gasteiger partial charge in [0.15, 0.2) is 5.82 Å². The summed E-state index contributed by atoms with van der Waals surface area (Å²) in [6.45, 7) is 3.01. The molecule has 0 N–H and O–H groups in total. The molecule has 2 unspecified atom stereocenters. The zero-order valence-electron chi connectivity index (χ0n) is 16.3. The summed E-state index contributed by atoms with van der Waals surface area (Å²) >= 11 is 0. The van der Waals surface area contributed by atoms with Gasteiger partial charge in [-0.1, -0.05) is 0 Å². The summed E-state index contributed by atoms with van der Waals surface area (Å²) in [6.07, 6.45) is 0. The quantitative estimate of drug-likeness (QED) is 0.641. The molecule has 2 aliphatic rings. The molecule has 1 saturated heterocycles. The first kappa shape index (κ1) is 18.8. The Morgan fingerprint density at radius 1 is 1.14 bits per heavy atom. The van der Waals surface area contributed by atoms with Crippen molar-refractivity contribution in [2.45, 2.75) is 25.7 Å². The first-order chi connectivity index (χ1) is 13.0. The Morgan fingerprint density at radius 3 is 2.43 bits per heavy atom. The first-order valence-electron chi connectivity index (χ1n) is 8.97. The summed E-state index contributed by atoms with van der Waals surface area (Å²) in [5, 5.41) is 0.0656. The minimum atomic E-state index is -2.43. The smallest absolute Gasteiger partial charge is 0.287 e. The van der Waals surface area contributed by atoms with Crippen LogP contribution in [0.25, 0.3) is 10.9 Å². The lowest BCUT2D eigenvalue weighted by atomic mass is 9.96. The van der Waals surface area contributed by atoms with Crippen molar-refractivity contribution in [2.75, 3.05) is 37.0 Å². The number of benzene rings is 1. The van der Waals surface area contributed by atoms with Crippen LogP contribution in [0, 0.1) is 18.6 Å². The van der Waals surface area contributed by atoms with Crippen molar-refractivity contribution in [3.8, 4) is 0 Å². The van der Waals surface area contributed by atoms with Gasteiger partial charge in [0.2, 0.25) is 0 Å². The van der Waals surface area contributed by atoms with Crippen molar-refractivity contribution in [1.82, 2.24) is 9.47 Å². The normalized spacial score (nSPS) is 25.3. The fourth-order valence-corrected chi connectivity index (χ4v) is 4.21. The summed E-state index contributed by atoms with van der Waals surface area (Å²) in [5.41, 5.74) is -0.995. The molecule has 150 valence electrons. The predicted molar refractivity (Wildman–Crippen MR) is 101 cm³/mol. The van der Waals surface area contributed by atoms with Gasteiger partial charge in [0.1, 0.15) is 11.5 Å². The van der Waals surface area contributed by atoms with E-state index in [0.717, 1.165) is 15.5 Å². The van der Waals surface area contributed by atoms with E-state index in [1.807, 2.05) is 6.92 Å². The number of carbonyl (C=O) groups excluding carboxylic acids is 1. The number of anilines is 2. The molecule has 4 rings (SSSR count). The van der Waals surface area contributed by atoms with Gasteiger partial charge in [0.25, 0.3) is 17.3 Å². The molecule has 0 saturated carbocycles. The number of piperazine rings is 1. The van der Waals surface area contributed by atoms with Crippen molar-refractivity contribution >= 4 is 28.2 Å². The van der Waals surface area contributed by atoms with E-state index in [1.54, 1.807) is 11.9 Å². The lowest BCUT2D eigenvalue weighted by Gasteiger charge is -2.52. The van der Waals surface area contributed by atoms with E-state index in [0.29, 0.717) is 0 Å². The summed E-state index contributed by atoms with van der Waals surface area (Å²) in [7, 11) is 4.37. The number of hydrogen-bond acceptors (Lipinski definition) is 4. The number of alkyl halides is 1. The number of pyridine rings is 1. The van der Waals surface area contributed by atoms with E-state index in [-0.39, 0.29) is 47.0 Å². The molecule has 2 aromatic rings. The molecular weight excluding hydrogens is 373 g/mol. The fourth-order valence-electron chi connectivity index (χ4n) is 4.21. The van der Waals surface area contributed by atoms with E-state index in [9.17, 15) is 18.4 Å². The lowest BCUT2D eigenvalue weighted by molar-refractivity contribution is -0.133. The average molecular weight is 394 g/mol. The van der Waals surface area contributed by atoms with Gasteiger partial charge in [0.05, 0.1) is 17.7 Å². The van der Waals surface area contributed by atoms with Gasteiger partial charge in [-0.25, -0.2) is 13.2 Å². The molecule has 1 fully saturated rings. The molecule has 1 aromatic heterocycles. The van der Waals surface area contributed by atoms with E-state index >= 15 is 4.39 Å². The minimum absolute atomic E-state index is 0.0560. The van der Waals surface area contributed by atoms with Crippen molar-refractivity contribution in [3.05, 3.63) is 33.6 Å². The summed E-state index contributed by atoms with van der Waals surface area (Å²) in [6, 6.07) is 0.978. The number of likely N-dealkylation sites (N-methyl/N-ethyl adjacent to an activating group) is 2. The van der Waals surface area contributed by atoms with Crippen LogP contribution in [0.3, 0.4) is 0 Å². The molecule has 0 spiro atoms. The predicted octanol–water partition coefficient (Wildman–Crippen LogP) is 1.91. The van der Waals surface area contributed by atoms with Crippen LogP contribution in [0.1, 0.15) is 12.5 Å². The van der Waals surface area contributed by atoms with Crippen molar-refractivity contribution in [3.63, 3.8) is 0 Å². The van der Waals surface area contributed by atoms with E-state index in [2.05, 4.69) is 0 Å². The average Bonchev–Trinajstić information content (AvgIpc) is 2.63. The summed E-state index contributed by atoms with van der Waals surface area (Å²) in [5.74, 6) is -4.97. The molecule has 1 amide bonds. The number of hydrogen-bond donors (Lipinski definition) is 0. The molecule has 6 nitrogen and oxygen atoms in total. The summed E-state index contributed by atoms with van der Waals surface area (Å²) in [4.78, 5) is 29.8. The van der Waals surface area contributed by atoms with Crippen molar-refractivity contribution < 1.29 is 18.0 Å². The van der Waals surface area contributed by atoms with Crippen LogP contribution >= 0.6 is 0 Å². The number of rotatable bonds is 0. The van der Waals surface area contributed by atoms with Crippen LogP contribution in [-0.2, 0) is 11.8 Å². The monoisotopic (exact) mass is 394 g/mol. The maximum absolute atomic E-state index is 16.0. The standard InChI is InChI=1S/C19H21F3N4O2/c1-9-7-26-15-11-6-12(20)10(2)13(21)14(11)24(4)17(27)16(15)25(5)18(28)19(26,22)8-23(9)3/h6,9H,7-8H2,1-5H3. The third-order valence-corrected chi connectivity index (χ3v) is 6.07. The van der Waals surface area contributed by atoms with Crippen molar-refractivity contribution in [2.24, 2.45) is 7.05 Å². The Kier molecular flexibility index (Phi) is 3.85. The van der Waals surface area contributed by atoms with Crippen LogP contribution in [0.15, 0.2) is 10.9 Å². The number of nitrogens with zero attached hydrogens (tertiary/aromatic N) is 4. The van der Waals surface area contributed by atoms with Crippen LogP contribution in [0.5, 0.6) is 0 Å². The number of amides is 1. The Bertz CT molecular complexity index is 1100. The van der Waals surface area contributed by atoms with Crippen LogP contribution in [-0.4, -0.2) is 54.4 Å². The van der Waals surface area contributed by atoms with Gasteiger partial charge < -0.3 is 14.4 Å². The minimum Gasteiger partial charge on any atom is -0.327 e. The molecule has 0 aliphatic carbocycles. The largest absolute Gasteiger partial charge is 0.327 e. The second-order valence-corrected chi connectivity index (χ2v) is 7.75. The van der Waals surface area contributed by atoms with E-state index in [4.69, 9.17) is 0 Å². The van der Waals surface area contributed by atoms with Gasteiger partial charge in [-0.05, 0) is 27.0 Å². The van der Waals surface area contributed by atoms with Crippen molar-refractivity contribution in [1.29, 1.82) is 0 Å². The second kappa shape index (κ2) is 5.73. The second-order valence-electron chi connectivity index (χ2n) is 7.75. The third-order valence-electron chi connectivity index (χ3n) is 6.07. The highest BCUT2D eigenvalue weighted by molar-refractivity contribution is 6.13. The molecule has 0 bridgehead atoms. The summed E-state index contributed by atoms with van der Waals surface area (Å²) < 4.78 is 46.4. The van der Waals surface area contributed by atoms with Gasteiger partial charge in [-0.15, -0.1) is 0 Å². The van der Waals surface area contributed by atoms with Crippen LogP contribution < -0.4 is 15.4 Å². The highest BCUT2D eigenvalue weighted by Crippen LogP contribution is 2.46. The Hall–Kier alpha value is -2.55. The zero-order valence-corrected chi connectivity index (χ0v) is 16.3. The van der Waals surface area contributed by atoms with E-state index < -0.39 is 28.9 Å². The highest BCUT2D eigenvalue weighted by Gasteiger charge is 2.56. The zero-order chi connectivity index (χ0) is 20.7. The molecule has 9 heteroatoms. The lowest BCUT2D eigenvalue weighted by Crippen LogP contribution is -2.71. The Labute approximate surface area is 159 Å². The number of aryl methyl sites for hydroxylation is 1. The molecular formula is C19H21F3N4O2. The molecule has 28 heavy (non-hydrogen) atoms. The number of carbonyl (C=O) groups is 1. The van der Waals surface area contributed by atoms with Gasteiger partial charge >= 0.3 is 0 Å². The maximum atomic E-state index is 16.0. The molecule has 1 aromatic carbocycles. The van der Waals surface area contributed by atoms with Crippen LogP contribution in [0.2, 0.25) is 0 Å². The van der Waals surface area contributed by atoms with Gasteiger partial charge in [-0.2, -0.15) is 0 Å². The number of aromatic nitrogens is 1. The molecule has 2 aliphatic heterocycles. The van der Waals surface area contributed by atoms with Gasteiger partial charge in [-0.3, -0.25) is 14.5 Å². The molecule has 2 atom stereocenters. The first-order valence-corrected chi connectivity index (χ1v) is 8.97. The fraction of sp³-hybridized carbons (Fsp3) is 0.474. The Balaban J connectivity index is 2.18. The molecule has 3 heterocycles. The van der Waals surface area contributed by atoms with Crippen LogP contribution in [0.4, 0.5) is 24.5 Å². The molecule has 0 radical (unpaired) electrons.